The molecular weight excluding hydrogens is 493 g/mol. The number of benzene rings is 3. The van der Waals surface area contributed by atoms with Crippen molar-refractivity contribution in [3.63, 3.8) is 0 Å². The minimum Gasteiger partial charge on any atom is -0.454 e. The summed E-state index contributed by atoms with van der Waals surface area (Å²) < 4.78 is 8.86. The predicted octanol–water partition coefficient (Wildman–Crippen LogP) is 9.42. The third kappa shape index (κ3) is 3.86. The molecule has 0 saturated heterocycles. The van der Waals surface area contributed by atoms with E-state index in [0.717, 1.165) is 22.5 Å². The molecule has 3 heteroatoms. The third-order valence-electron chi connectivity index (χ3n) is 6.75. The Morgan fingerprint density at radius 1 is 0.806 bits per heavy atom. The lowest BCUT2D eigenvalue weighted by Crippen LogP contribution is -2.11. The van der Waals surface area contributed by atoms with E-state index in [9.17, 15) is 0 Å². The van der Waals surface area contributed by atoms with Crippen molar-refractivity contribution >= 4 is 56.2 Å². The van der Waals surface area contributed by atoms with Gasteiger partial charge in [0.2, 0.25) is 0 Å². The van der Waals surface area contributed by atoms with Crippen molar-refractivity contribution in [2.45, 2.75) is 64.2 Å². The van der Waals surface area contributed by atoms with Crippen molar-refractivity contribution < 1.29 is 4.42 Å². The summed E-state index contributed by atoms with van der Waals surface area (Å²) in [6.07, 6.45) is 6.59. The number of anilines is 2. The van der Waals surface area contributed by atoms with E-state index < -0.39 is 0 Å². The average Bonchev–Trinajstić information content (AvgIpc) is 3.18. The topological polar surface area (TPSA) is 16.4 Å². The van der Waals surface area contributed by atoms with Gasteiger partial charge in [0.1, 0.15) is 5.58 Å². The van der Waals surface area contributed by atoms with Crippen LogP contribution in [0.1, 0.15) is 69.9 Å². The van der Waals surface area contributed by atoms with Gasteiger partial charge >= 0.3 is 0 Å². The van der Waals surface area contributed by atoms with E-state index in [4.69, 9.17) is 4.42 Å². The number of hydrogen-bond donors (Lipinski definition) is 0. The van der Waals surface area contributed by atoms with Crippen LogP contribution in [0, 0.1) is 0 Å². The molecule has 1 aromatic heterocycles. The molecule has 1 fully saturated rings. The maximum atomic E-state index is 6.64. The number of nitrogens with zero attached hydrogens (tertiary/aromatic N) is 1. The zero-order valence-corrected chi connectivity index (χ0v) is 20.8. The van der Waals surface area contributed by atoms with Gasteiger partial charge < -0.3 is 4.42 Å². The van der Waals surface area contributed by atoms with Crippen molar-refractivity contribution in [2.24, 2.45) is 0 Å². The number of furan rings is 1. The molecule has 0 N–H and O–H groups in total. The molecule has 1 heterocycles. The lowest BCUT2D eigenvalue weighted by molar-refractivity contribution is 0.442. The van der Waals surface area contributed by atoms with E-state index in [2.05, 4.69) is 107 Å². The largest absolute Gasteiger partial charge is 0.454 e. The first-order valence-electron chi connectivity index (χ1n) is 11.4. The van der Waals surface area contributed by atoms with Crippen molar-refractivity contribution in [1.29, 1.82) is 0 Å². The molecule has 3 aromatic carbocycles. The van der Waals surface area contributed by atoms with E-state index in [-0.39, 0.29) is 5.41 Å². The maximum absolute atomic E-state index is 6.64. The van der Waals surface area contributed by atoms with Crippen LogP contribution in [-0.2, 0) is 5.41 Å². The Morgan fingerprint density at radius 3 is 2.13 bits per heavy atom. The molecule has 0 unspecified atom stereocenters. The van der Waals surface area contributed by atoms with Gasteiger partial charge in [0.15, 0.2) is 5.58 Å². The second-order valence-corrected chi connectivity index (χ2v) is 10.9. The normalized spacial score (nSPS) is 15.6. The fourth-order valence-electron chi connectivity index (χ4n) is 4.95. The Balaban J connectivity index is 1.59. The number of rotatable bonds is 3. The summed E-state index contributed by atoms with van der Waals surface area (Å²) in [5.74, 6) is 0.627. The molecular formula is C28H30INO. The zero-order valence-electron chi connectivity index (χ0n) is 18.6. The Morgan fingerprint density at radius 2 is 1.45 bits per heavy atom. The molecule has 1 aliphatic rings. The highest BCUT2D eigenvalue weighted by atomic mass is 127. The minimum atomic E-state index is 0.156. The van der Waals surface area contributed by atoms with Crippen LogP contribution < -0.4 is 3.11 Å². The van der Waals surface area contributed by atoms with Crippen molar-refractivity contribution in [2.75, 3.05) is 3.11 Å². The van der Waals surface area contributed by atoms with Crippen LogP contribution in [0.25, 0.3) is 21.9 Å². The molecule has 0 spiro atoms. The van der Waals surface area contributed by atoms with E-state index in [0.29, 0.717) is 5.92 Å². The summed E-state index contributed by atoms with van der Waals surface area (Å²) in [6.45, 7) is 6.76. The fourth-order valence-corrected chi connectivity index (χ4v) is 5.65. The van der Waals surface area contributed by atoms with Gasteiger partial charge in [-0.2, -0.15) is 0 Å². The number of hydrogen-bond acceptors (Lipinski definition) is 2. The van der Waals surface area contributed by atoms with E-state index in [1.165, 1.54) is 54.0 Å². The quantitative estimate of drug-likeness (QED) is 0.196. The van der Waals surface area contributed by atoms with Gasteiger partial charge in [0.05, 0.1) is 34.2 Å². The molecule has 160 valence electrons. The molecule has 1 saturated carbocycles. The van der Waals surface area contributed by atoms with Gasteiger partial charge in [-0.3, -0.25) is 3.11 Å². The Kier molecular flexibility index (Phi) is 5.49. The molecule has 31 heavy (non-hydrogen) atoms. The van der Waals surface area contributed by atoms with Gasteiger partial charge in [-0.25, -0.2) is 0 Å². The van der Waals surface area contributed by atoms with Crippen LogP contribution >= 0.6 is 22.9 Å². The smallest absolute Gasteiger partial charge is 0.159 e. The zero-order chi connectivity index (χ0) is 21.6. The molecule has 2 nitrogen and oxygen atoms in total. The molecule has 0 radical (unpaired) electrons. The van der Waals surface area contributed by atoms with Gasteiger partial charge in [-0.15, -0.1) is 0 Å². The SMILES string of the molecule is CC(C)(C)c1ccc(N(I)c2cccc3c2oc2c(C4CCCCC4)cccc23)cc1. The van der Waals surface area contributed by atoms with Crippen LogP contribution in [0.2, 0.25) is 0 Å². The highest BCUT2D eigenvalue weighted by Gasteiger charge is 2.22. The van der Waals surface area contributed by atoms with Crippen LogP contribution in [0.5, 0.6) is 0 Å². The van der Waals surface area contributed by atoms with E-state index in [1.54, 1.807) is 0 Å². The van der Waals surface area contributed by atoms with Gasteiger partial charge in [0, 0.05) is 10.8 Å². The summed E-state index contributed by atoms with van der Waals surface area (Å²) in [6, 6.07) is 22.1. The summed E-state index contributed by atoms with van der Waals surface area (Å²) in [5, 5.41) is 2.45. The third-order valence-corrected chi connectivity index (χ3v) is 7.83. The Hall–Kier alpha value is -2.01. The van der Waals surface area contributed by atoms with Crippen LogP contribution in [0.15, 0.2) is 65.1 Å². The average molecular weight is 523 g/mol. The lowest BCUT2D eigenvalue weighted by atomic mass is 9.83. The molecule has 5 rings (SSSR count). The summed E-state index contributed by atoms with van der Waals surface area (Å²) in [7, 11) is 0. The number of para-hydroxylation sites is 2. The molecule has 4 aromatic rings. The molecule has 0 atom stereocenters. The standard InChI is InChI=1S/C28H30INO/c1-28(2,3)20-15-17-21(18-16-20)30(29)25-14-8-13-24-23-12-7-11-22(26(23)31-27(24)25)19-9-5-4-6-10-19/h7-8,11-19H,4-6,9-10H2,1-3H3. The van der Waals surface area contributed by atoms with Crippen molar-refractivity contribution in [3.05, 3.63) is 71.8 Å². The number of fused-ring (bicyclic) bond motifs is 3. The Labute approximate surface area is 199 Å². The highest BCUT2D eigenvalue weighted by Crippen LogP contribution is 2.43. The predicted molar refractivity (Wildman–Crippen MR) is 141 cm³/mol. The van der Waals surface area contributed by atoms with Gasteiger partial charge in [-0.05, 0) is 53.5 Å². The first-order valence-corrected chi connectivity index (χ1v) is 12.4. The van der Waals surface area contributed by atoms with E-state index >= 15 is 0 Å². The maximum Gasteiger partial charge on any atom is 0.159 e. The van der Waals surface area contributed by atoms with Gasteiger partial charge in [-0.1, -0.05) is 82.5 Å². The molecule has 0 amide bonds. The number of halogens is 1. The monoisotopic (exact) mass is 523 g/mol. The molecule has 0 bridgehead atoms. The first kappa shape index (κ1) is 20.9. The summed E-state index contributed by atoms with van der Waals surface area (Å²) in [5.41, 5.74) is 7.23. The molecule has 0 aliphatic heterocycles. The summed E-state index contributed by atoms with van der Waals surface area (Å²) in [4.78, 5) is 0. The fraction of sp³-hybridized carbons (Fsp3) is 0.357. The van der Waals surface area contributed by atoms with Gasteiger partial charge in [0.25, 0.3) is 0 Å². The Bertz CT molecular complexity index is 1210. The van der Waals surface area contributed by atoms with E-state index in [1.807, 2.05) is 0 Å². The van der Waals surface area contributed by atoms with Crippen molar-refractivity contribution in [3.8, 4) is 0 Å². The van der Waals surface area contributed by atoms with Crippen LogP contribution in [0.4, 0.5) is 11.4 Å². The second-order valence-electron chi connectivity index (χ2n) is 9.89. The second kappa shape index (κ2) is 8.16. The minimum absolute atomic E-state index is 0.156. The molecule has 1 aliphatic carbocycles. The highest BCUT2D eigenvalue weighted by molar-refractivity contribution is 14.1. The van der Waals surface area contributed by atoms with Crippen LogP contribution in [0.3, 0.4) is 0 Å². The van der Waals surface area contributed by atoms with Crippen molar-refractivity contribution in [1.82, 2.24) is 0 Å². The summed E-state index contributed by atoms with van der Waals surface area (Å²) >= 11 is 2.40. The first-order chi connectivity index (χ1) is 14.9. The van der Waals surface area contributed by atoms with Crippen LogP contribution in [-0.4, -0.2) is 0 Å². The lowest BCUT2D eigenvalue weighted by Gasteiger charge is -2.22.